The summed E-state index contributed by atoms with van der Waals surface area (Å²) in [6.07, 6.45) is -0.0545. The lowest BCUT2D eigenvalue weighted by atomic mass is 10.2. The number of aryl methyl sites for hydroxylation is 1. The van der Waals surface area contributed by atoms with Crippen molar-refractivity contribution in [2.24, 2.45) is 0 Å². The third-order valence-electron chi connectivity index (χ3n) is 2.90. The van der Waals surface area contributed by atoms with Crippen LogP contribution < -0.4 is 10.1 Å². The normalized spacial score (nSPS) is 10.0. The van der Waals surface area contributed by atoms with E-state index in [1.165, 1.54) is 4.90 Å². The maximum absolute atomic E-state index is 11.8. The van der Waals surface area contributed by atoms with E-state index in [0.717, 1.165) is 11.3 Å². The number of carboxylic acid groups (broad SMARTS) is 1. The number of urea groups is 1. The summed E-state index contributed by atoms with van der Waals surface area (Å²) in [6.45, 7) is 5.21. The highest BCUT2D eigenvalue weighted by atomic mass is 16.5. The fraction of sp³-hybridized carbons (Fsp3) is 0.467. The third kappa shape index (κ3) is 6.65. The van der Waals surface area contributed by atoms with Crippen LogP contribution >= 0.6 is 0 Å². The molecule has 1 aromatic carbocycles. The molecule has 0 spiro atoms. The summed E-state index contributed by atoms with van der Waals surface area (Å²) < 4.78 is 5.52. The molecule has 2 N–H and O–H groups in total. The number of rotatable bonds is 8. The second-order valence-corrected chi connectivity index (χ2v) is 4.62. The van der Waals surface area contributed by atoms with Gasteiger partial charge in [-0.25, -0.2) is 4.79 Å². The van der Waals surface area contributed by atoms with Gasteiger partial charge >= 0.3 is 12.0 Å². The predicted octanol–water partition coefficient (Wildman–Crippen LogP) is 1.88. The summed E-state index contributed by atoms with van der Waals surface area (Å²) in [6, 6.07) is 7.41. The monoisotopic (exact) mass is 294 g/mol. The number of benzene rings is 1. The fourth-order valence-electron chi connectivity index (χ4n) is 1.78. The van der Waals surface area contributed by atoms with Crippen molar-refractivity contribution in [3.05, 3.63) is 29.8 Å². The molecule has 0 bridgehead atoms. The van der Waals surface area contributed by atoms with E-state index < -0.39 is 5.97 Å². The molecule has 21 heavy (non-hydrogen) atoms. The Morgan fingerprint density at radius 1 is 1.38 bits per heavy atom. The van der Waals surface area contributed by atoms with E-state index in [4.69, 9.17) is 9.84 Å². The van der Waals surface area contributed by atoms with Gasteiger partial charge in [-0.2, -0.15) is 0 Å². The van der Waals surface area contributed by atoms with Gasteiger partial charge < -0.3 is 20.1 Å². The maximum atomic E-state index is 11.8. The van der Waals surface area contributed by atoms with E-state index in [-0.39, 0.29) is 19.0 Å². The Kier molecular flexibility index (Phi) is 7.08. The molecule has 6 nitrogen and oxygen atoms in total. The quantitative estimate of drug-likeness (QED) is 0.718. The van der Waals surface area contributed by atoms with Crippen molar-refractivity contribution < 1.29 is 19.4 Å². The molecular formula is C15H22N2O4. The first-order valence-electron chi connectivity index (χ1n) is 6.97. The van der Waals surface area contributed by atoms with Crippen LogP contribution in [-0.4, -0.2) is 48.2 Å². The molecule has 0 heterocycles. The van der Waals surface area contributed by atoms with Gasteiger partial charge in [-0.05, 0) is 31.5 Å². The number of nitrogens with zero attached hydrogens (tertiary/aromatic N) is 1. The lowest BCUT2D eigenvalue weighted by molar-refractivity contribution is -0.137. The van der Waals surface area contributed by atoms with Gasteiger partial charge in [-0.3, -0.25) is 4.79 Å². The highest BCUT2D eigenvalue weighted by molar-refractivity contribution is 5.75. The van der Waals surface area contributed by atoms with Gasteiger partial charge in [0, 0.05) is 13.1 Å². The summed E-state index contributed by atoms with van der Waals surface area (Å²) in [5.41, 5.74) is 1.11. The van der Waals surface area contributed by atoms with E-state index in [1.54, 1.807) is 0 Å². The largest absolute Gasteiger partial charge is 0.492 e. The Labute approximate surface area is 124 Å². The third-order valence-corrected chi connectivity index (χ3v) is 2.90. The van der Waals surface area contributed by atoms with Gasteiger partial charge in [-0.1, -0.05) is 12.1 Å². The van der Waals surface area contributed by atoms with Gasteiger partial charge in [0.15, 0.2) is 0 Å². The molecule has 0 atom stereocenters. The number of carbonyl (C=O) groups excluding carboxylic acids is 1. The van der Waals surface area contributed by atoms with Gasteiger partial charge in [0.25, 0.3) is 0 Å². The Hall–Kier alpha value is -2.24. The molecule has 6 heteroatoms. The van der Waals surface area contributed by atoms with E-state index in [1.807, 2.05) is 38.1 Å². The lowest BCUT2D eigenvalue weighted by Gasteiger charge is -2.20. The van der Waals surface area contributed by atoms with Gasteiger partial charge in [0.2, 0.25) is 0 Å². The molecule has 0 aromatic heterocycles. The van der Waals surface area contributed by atoms with Crippen LogP contribution in [0.4, 0.5) is 4.79 Å². The molecule has 0 unspecified atom stereocenters. The second-order valence-electron chi connectivity index (χ2n) is 4.62. The summed E-state index contributed by atoms with van der Waals surface area (Å²) in [5.74, 6) is -0.147. The topological polar surface area (TPSA) is 78.9 Å². The minimum Gasteiger partial charge on any atom is -0.492 e. The second kappa shape index (κ2) is 8.84. The number of amides is 2. The molecule has 0 radical (unpaired) electrons. The van der Waals surface area contributed by atoms with E-state index >= 15 is 0 Å². The molecule has 0 saturated carbocycles. The minimum atomic E-state index is -0.913. The average molecular weight is 294 g/mol. The maximum Gasteiger partial charge on any atom is 0.317 e. The summed E-state index contributed by atoms with van der Waals surface area (Å²) in [7, 11) is 0. The van der Waals surface area contributed by atoms with Crippen molar-refractivity contribution in [1.29, 1.82) is 0 Å². The highest BCUT2D eigenvalue weighted by Crippen LogP contribution is 2.11. The zero-order chi connectivity index (χ0) is 15.7. The summed E-state index contributed by atoms with van der Waals surface area (Å²) in [5, 5.41) is 11.3. The van der Waals surface area contributed by atoms with Crippen LogP contribution in [-0.2, 0) is 4.79 Å². The number of aliphatic carboxylic acids is 1. The van der Waals surface area contributed by atoms with Crippen LogP contribution in [0.1, 0.15) is 18.9 Å². The first-order valence-corrected chi connectivity index (χ1v) is 6.97. The SMILES string of the molecule is CCN(CCC(=O)O)C(=O)NCCOc1cccc(C)c1. The summed E-state index contributed by atoms with van der Waals surface area (Å²) >= 11 is 0. The zero-order valence-electron chi connectivity index (χ0n) is 12.5. The molecule has 2 amide bonds. The predicted molar refractivity (Wildman–Crippen MR) is 79.6 cm³/mol. The number of carbonyl (C=O) groups is 2. The molecule has 0 aliphatic rings. The van der Waals surface area contributed by atoms with Crippen molar-refractivity contribution in [2.45, 2.75) is 20.3 Å². The van der Waals surface area contributed by atoms with Gasteiger partial charge in [-0.15, -0.1) is 0 Å². The lowest BCUT2D eigenvalue weighted by Crippen LogP contribution is -2.42. The van der Waals surface area contributed by atoms with Crippen molar-refractivity contribution >= 4 is 12.0 Å². The average Bonchev–Trinajstić information content (AvgIpc) is 2.44. The van der Waals surface area contributed by atoms with Gasteiger partial charge in [0.1, 0.15) is 12.4 Å². The van der Waals surface area contributed by atoms with Crippen LogP contribution in [0.5, 0.6) is 5.75 Å². The number of carboxylic acids is 1. The van der Waals surface area contributed by atoms with Crippen LogP contribution in [0.25, 0.3) is 0 Å². The summed E-state index contributed by atoms with van der Waals surface area (Å²) in [4.78, 5) is 23.8. The molecule has 1 rings (SSSR count). The van der Waals surface area contributed by atoms with Crippen molar-refractivity contribution in [3.63, 3.8) is 0 Å². The Balaban J connectivity index is 2.27. The smallest absolute Gasteiger partial charge is 0.317 e. The van der Waals surface area contributed by atoms with Crippen LogP contribution in [0.3, 0.4) is 0 Å². The van der Waals surface area contributed by atoms with E-state index in [0.29, 0.717) is 19.7 Å². The molecule has 0 saturated heterocycles. The molecule has 116 valence electrons. The van der Waals surface area contributed by atoms with Crippen LogP contribution in [0, 0.1) is 6.92 Å². The van der Waals surface area contributed by atoms with Crippen LogP contribution in [0.15, 0.2) is 24.3 Å². The number of nitrogens with one attached hydrogen (secondary N) is 1. The Morgan fingerprint density at radius 3 is 2.76 bits per heavy atom. The molecule has 0 fully saturated rings. The Morgan fingerprint density at radius 2 is 2.14 bits per heavy atom. The molecule has 0 aliphatic heterocycles. The molecule has 1 aromatic rings. The first-order chi connectivity index (χ1) is 10.0. The fourth-order valence-corrected chi connectivity index (χ4v) is 1.78. The van der Waals surface area contributed by atoms with Crippen molar-refractivity contribution in [2.75, 3.05) is 26.2 Å². The van der Waals surface area contributed by atoms with E-state index in [2.05, 4.69) is 5.32 Å². The first kappa shape index (κ1) is 16.8. The molecular weight excluding hydrogens is 272 g/mol. The Bertz CT molecular complexity index is 476. The highest BCUT2D eigenvalue weighted by Gasteiger charge is 2.12. The number of hydrogen-bond donors (Lipinski definition) is 2. The van der Waals surface area contributed by atoms with Crippen molar-refractivity contribution in [3.8, 4) is 5.75 Å². The standard InChI is InChI=1S/C15H22N2O4/c1-3-17(9-7-14(18)19)15(20)16-8-10-21-13-6-4-5-12(2)11-13/h4-6,11H,3,7-10H2,1-2H3,(H,16,20)(H,18,19). The number of ether oxygens (including phenoxy) is 1. The zero-order valence-corrected chi connectivity index (χ0v) is 12.5. The number of hydrogen-bond acceptors (Lipinski definition) is 3. The van der Waals surface area contributed by atoms with E-state index in [9.17, 15) is 9.59 Å². The molecule has 0 aliphatic carbocycles. The van der Waals surface area contributed by atoms with Crippen molar-refractivity contribution in [1.82, 2.24) is 10.2 Å². The van der Waals surface area contributed by atoms with Crippen LogP contribution in [0.2, 0.25) is 0 Å². The minimum absolute atomic E-state index is 0.0545. The van der Waals surface area contributed by atoms with Gasteiger partial charge in [0.05, 0.1) is 13.0 Å².